The van der Waals surface area contributed by atoms with Crippen LogP contribution in [0.4, 0.5) is 10.1 Å². The van der Waals surface area contributed by atoms with E-state index in [1.54, 1.807) is 30.3 Å². The Hall–Kier alpha value is -1.82. The van der Waals surface area contributed by atoms with Crippen molar-refractivity contribution >= 4 is 34.8 Å². The van der Waals surface area contributed by atoms with E-state index in [1.807, 2.05) is 11.8 Å². The third-order valence-corrected chi connectivity index (χ3v) is 4.19. The molecule has 0 aliphatic carbocycles. The molecule has 0 bridgehead atoms. The minimum atomic E-state index is -0.423. The van der Waals surface area contributed by atoms with Crippen LogP contribution in [0.2, 0.25) is 10.0 Å². The van der Waals surface area contributed by atoms with Crippen LogP contribution in [0, 0.1) is 5.82 Å². The largest absolute Gasteiger partial charge is 0.494 e. The zero-order chi connectivity index (χ0) is 18.4. The normalized spacial score (nSPS) is 10.8. The van der Waals surface area contributed by atoms with Crippen molar-refractivity contribution in [3.63, 3.8) is 0 Å². The summed E-state index contributed by atoms with van der Waals surface area (Å²) in [6.07, 6.45) is 0. The molecule has 0 fully saturated rings. The highest BCUT2D eigenvalue weighted by Crippen LogP contribution is 2.25. The number of likely N-dealkylation sites (N-methyl/N-ethyl adjacent to an activating group) is 1. The van der Waals surface area contributed by atoms with Crippen LogP contribution >= 0.6 is 23.2 Å². The summed E-state index contributed by atoms with van der Waals surface area (Å²) >= 11 is 11.9. The summed E-state index contributed by atoms with van der Waals surface area (Å²) in [4.78, 5) is 14.1. The van der Waals surface area contributed by atoms with Crippen LogP contribution in [0.1, 0.15) is 12.5 Å². The van der Waals surface area contributed by atoms with Gasteiger partial charge in [0.05, 0.1) is 24.4 Å². The summed E-state index contributed by atoms with van der Waals surface area (Å²) in [6.45, 7) is 3.17. The number of rotatable bonds is 7. The van der Waals surface area contributed by atoms with Crippen LogP contribution in [0.15, 0.2) is 36.4 Å². The number of carbonyl (C=O) groups is 1. The monoisotopic (exact) mass is 384 g/mol. The van der Waals surface area contributed by atoms with Crippen LogP contribution in [0.5, 0.6) is 5.75 Å². The van der Waals surface area contributed by atoms with Gasteiger partial charge in [-0.1, -0.05) is 36.2 Å². The number of amides is 1. The summed E-state index contributed by atoms with van der Waals surface area (Å²) in [5.74, 6) is -0.435. The van der Waals surface area contributed by atoms with Gasteiger partial charge in [0.15, 0.2) is 11.6 Å². The minimum Gasteiger partial charge on any atom is -0.494 e. The second kappa shape index (κ2) is 9.04. The molecule has 0 aromatic heterocycles. The average molecular weight is 385 g/mol. The predicted octanol–water partition coefficient (Wildman–Crippen LogP) is 4.60. The molecule has 4 nitrogen and oxygen atoms in total. The van der Waals surface area contributed by atoms with Crippen molar-refractivity contribution in [2.24, 2.45) is 0 Å². The van der Waals surface area contributed by atoms with E-state index in [4.69, 9.17) is 27.9 Å². The molecule has 0 atom stereocenters. The van der Waals surface area contributed by atoms with Gasteiger partial charge in [0, 0.05) is 11.6 Å². The van der Waals surface area contributed by atoms with Crippen molar-refractivity contribution in [3.05, 3.63) is 57.8 Å². The van der Waals surface area contributed by atoms with E-state index in [2.05, 4.69) is 5.32 Å². The van der Waals surface area contributed by atoms with Crippen molar-refractivity contribution in [1.82, 2.24) is 4.90 Å². The maximum Gasteiger partial charge on any atom is 0.238 e. The first-order valence-electron chi connectivity index (χ1n) is 7.72. The lowest BCUT2D eigenvalue weighted by atomic mass is 10.2. The Labute approximate surface area is 156 Å². The average Bonchev–Trinajstić information content (AvgIpc) is 2.57. The van der Waals surface area contributed by atoms with Crippen LogP contribution in [-0.4, -0.2) is 31.0 Å². The molecule has 2 aromatic rings. The fourth-order valence-electron chi connectivity index (χ4n) is 2.33. The molecule has 0 heterocycles. The molecule has 0 aliphatic heterocycles. The molecule has 2 aromatic carbocycles. The number of ether oxygens (including phenoxy) is 1. The molecule has 0 saturated carbocycles. The van der Waals surface area contributed by atoms with Crippen molar-refractivity contribution in [2.45, 2.75) is 13.5 Å². The lowest BCUT2D eigenvalue weighted by Gasteiger charge is -2.20. The second-order valence-electron chi connectivity index (χ2n) is 5.44. The van der Waals surface area contributed by atoms with Crippen molar-refractivity contribution < 1.29 is 13.9 Å². The number of hydrogen-bond acceptors (Lipinski definition) is 3. The number of hydrogen-bond donors (Lipinski definition) is 1. The number of halogens is 3. The van der Waals surface area contributed by atoms with Crippen LogP contribution < -0.4 is 10.1 Å². The number of anilines is 1. The first-order chi connectivity index (χ1) is 11.9. The van der Waals surface area contributed by atoms with E-state index in [9.17, 15) is 9.18 Å². The van der Waals surface area contributed by atoms with Gasteiger partial charge in [0.1, 0.15) is 0 Å². The molecule has 2 rings (SSSR count). The van der Waals surface area contributed by atoms with Gasteiger partial charge in [-0.25, -0.2) is 4.39 Å². The Kier molecular flexibility index (Phi) is 7.05. The van der Waals surface area contributed by atoms with Crippen LogP contribution in [-0.2, 0) is 11.3 Å². The lowest BCUT2D eigenvalue weighted by Crippen LogP contribution is -2.32. The van der Waals surface area contributed by atoms with E-state index in [1.165, 1.54) is 13.2 Å². The van der Waals surface area contributed by atoms with Crippen molar-refractivity contribution in [1.29, 1.82) is 0 Å². The van der Waals surface area contributed by atoms with Gasteiger partial charge in [-0.3, -0.25) is 9.69 Å². The van der Waals surface area contributed by atoms with Gasteiger partial charge in [-0.15, -0.1) is 0 Å². The number of carbonyl (C=O) groups excluding carboxylic acids is 1. The van der Waals surface area contributed by atoms with Gasteiger partial charge in [-0.2, -0.15) is 0 Å². The first-order valence-corrected chi connectivity index (χ1v) is 8.48. The highest BCUT2D eigenvalue weighted by Gasteiger charge is 2.13. The topological polar surface area (TPSA) is 41.6 Å². The first kappa shape index (κ1) is 19.5. The third kappa shape index (κ3) is 5.59. The van der Waals surface area contributed by atoms with E-state index >= 15 is 0 Å². The zero-order valence-corrected chi connectivity index (χ0v) is 15.5. The molecule has 0 aliphatic rings. The van der Waals surface area contributed by atoms with Gasteiger partial charge in [-0.05, 0) is 42.4 Å². The van der Waals surface area contributed by atoms with Crippen molar-refractivity contribution in [3.8, 4) is 5.75 Å². The van der Waals surface area contributed by atoms with Crippen LogP contribution in [0.25, 0.3) is 0 Å². The summed E-state index contributed by atoms with van der Waals surface area (Å²) in [5.41, 5.74) is 1.26. The molecule has 0 spiro atoms. The quantitative estimate of drug-likeness (QED) is 0.757. The third-order valence-electron chi connectivity index (χ3n) is 3.64. The number of benzene rings is 2. The smallest absolute Gasteiger partial charge is 0.238 e. The summed E-state index contributed by atoms with van der Waals surface area (Å²) in [6, 6.07) is 9.63. The molecular weight excluding hydrogens is 366 g/mol. The molecular formula is C18H19Cl2FN2O2. The molecule has 0 unspecified atom stereocenters. The molecule has 1 amide bonds. The Balaban J connectivity index is 1.98. The molecule has 0 saturated heterocycles. The second-order valence-corrected chi connectivity index (χ2v) is 6.29. The maximum absolute atomic E-state index is 13.8. The Morgan fingerprint density at radius 2 is 2.00 bits per heavy atom. The Morgan fingerprint density at radius 3 is 2.60 bits per heavy atom. The standard InChI is InChI=1S/C18H19Cl2FN2O2/c1-3-23(10-12-4-7-17(25-2)15(21)8-12)11-18(24)22-16-6-5-13(19)9-14(16)20/h4-9H,3,10-11H2,1-2H3,(H,22,24). The van der Waals surface area contributed by atoms with Gasteiger partial charge in [0.2, 0.25) is 5.91 Å². The predicted molar refractivity (Wildman–Crippen MR) is 99.0 cm³/mol. The summed E-state index contributed by atoms with van der Waals surface area (Å²) in [5, 5.41) is 3.63. The fourth-order valence-corrected chi connectivity index (χ4v) is 2.79. The number of nitrogens with one attached hydrogen (secondary N) is 1. The van der Waals surface area contributed by atoms with E-state index in [-0.39, 0.29) is 18.2 Å². The number of methoxy groups -OCH3 is 1. The highest BCUT2D eigenvalue weighted by atomic mass is 35.5. The highest BCUT2D eigenvalue weighted by molar-refractivity contribution is 6.36. The van der Waals surface area contributed by atoms with E-state index in [0.717, 1.165) is 5.56 Å². The molecule has 7 heteroatoms. The van der Waals surface area contributed by atoms with E-state index in [0.29, 0.717) is 28.8 Å². The molecule has 1 N–H and O–H groups in total. The number of nitrogens with zero attached hydrogens (tertiary/aromatic N) is 1. The summed E-state index contributed by atoms with van der Waals surface area (Å²) in [7, 11) is 1.42. The zero-order valence-electron chi connectivity index (χ0n) is 14.0. The molecule has 134 valence electrons. The lowest BCUT2D eigenvalue weighted by molar-refractivity contribution is -0.117. The van der Waals surface area contributed by atoms with Crippen molar-refractivity contribution in [2.75, 3.05) is 25.5 Å². The van der Waals surface area contributed by atoms with Gasteiger partial charge in [0.25, 0.3) is 0 Å². The maximum atomic E-state index is 13.8. The van der Waals surface area contributed by atoms with Crippen LogP contribution in [0.3, 0.4) is 0 Å². The Morgan fingerprint density at radius 1 is 1.24 bits per heavy atom. The molecule has 25 heavy (non-hydrogen) atoms. The van der Waals surface area contributed by atoms with E-state index < -0.39 is 5.82 Å². The SMILES string of the molecule is CCN(CC(=O)Nc1ccc(Cl)cc1Cl)Cc1ccc(OC)c(F)c1. The fraction of sp³-hybridized carbons (Fsp3) is 0.278. The van der Waals surface area contributed by atoms with Gasteiger partial charge < -0.3 is 10.1 Å². The summed E-state index contributed by atoms with van der Waals surface area (Å²) < 4.78 is 18.7. The van der Waals surface area contributed by atoms with Gasteiger partial charge >= 0.3 is 0 Å². The molecule has 0 radical (unpaired) electrons. The Bertz CT molecular complexity index is 756. The minimum absolute atomic E-state index is 0.156.